The Morgan fingerprint density at radius 1 is 1.41 bits per heavy atom. The third-order valence-corrected chi connectivity index (χ3v) is 3.37. The lowest BCUT2D eigenvalue weighted by molar-refractivity contribution is 0.282. The van der Waals surface area contributed by atoms with Gasteiger partial charge < -0.3 is 10.0 Å². The van der Waals surface area contributed by atoms with Crippen LogP contribution in [0, 0.1) is 6.92 Å². The van der Waals surface area contributed by atoms with Crippen molar-refractivity contribution in [2.24, 2.45) is 0 Å². The lowest BCUT2D eigenvalue weighted by atomic mass is 10.1. The summed E-state index contributed by atoms with van der Waals surface area (Å²) in [6.07, 6.45) is 0. The van der Waals surface area contributed by atoms with E-state index in [2.05, 4.69) is 29.2 Å². The molecule has 0 aliphatic heterocycles. The maximum atomic E-state index is 9.08. The molecule has 0 unspecified atom stereocenters. The van der Waals surface area contributed by atoms with Crippen molar-refractivity contribution in [3.63, 3.8) is 0 Å². The highest BCUT2D eigenvalue weighted by Crippen LogP contribution is 2.21. The first-order valence-corrected chi connectivity index (χ1v) is 6.43. The maximum Gasteiger partial charge on any atom is 0.0795 e. The van der Waals surface area contributed by atoms with Crippen molar-refractivity contribution in [2.45, 2.75) is 20.1 Å². The minimum Gasteiger partial charge on any atom is -0.392 e. The van der Waals surface area contributed by atoms with Crippen LogP contribution in [0.1, 0.15) is 16.8 Å². The smallest absolute Gasteiger partial charge is 0.0795 e. The number of aryl methyl sites for hydroxylation is 1. The Morgan fingerprint density at radius 2 is 2.24 bits per heavy atom. The molecule has 1 aromatic heterocycles. The summed E-state index contributed by atoms with van der Waals surface area (Å²) in [5, 5.41) is 11.1. The van der Waals surface area contributed by atoms with Crippen molar-refractivity contribution >= 4 is 17.0 Å². The fraction of sp³-hybridized carbons (Fsp3) is 0.308. The first-order chi connectivity index (χ1) is 8.20. The van der Waals surface area contributed by atoms with Gasteiger partial charge in [-0.15, -0.1) is 11.3 Å². The van der Waals surface area contributed by atoms with Gasteiger partial charge in [0, 0.05) is 18.1 Å². The molecule has 0 spiro atoms. The van der Waals surface area contributed by atoms with Crippen LogP contribution in [-0.4, -0.2) is 17.1 Å². The van der Waals surface area contributed by atoms with E-state index in [0.29, 0.717) is 0 Å². The largest absolute Gasteiger partial charge is 0.392 e. The zero-order valence-corrected chi connectivity index (χ0v) is 10.9. The first kappa shape index (κ1) is 12.1. The van der Waals surface area contributed by atoms with E-state index in [1.807, 2.05) is 23.7 Å². The van der Waals surface area contributed by atoms with Crippen molar-refractivity contribution in [1.82, 2.24) is 4.98 Å². The van der Waals surface area contributed by atoms with Crippen LogP contribution in [0.15, 0.2) is 29.1 Å². The average molecular weight is 248 g/mol. The second-order valence-electron chi connectivity index (χ2n) is 4.11. The summed E-state index contributed by atoms with van der Waals surface area (Å²) in [6, 6.07) is 6.03. The van der Waals surface area contributed by atoms with Crippen LogP contribution < -0.4 is 4.90 Å². The van der Waals surface area contributed by atoms with Gasteiger partial charge >= 0.3 is 0 Å². The van der Waals surface area contributed by atoms with Crippen LogP contribution in [-0.2, 0) is 13.2 Å². The third kappa shape index (κ3) is 2.84. The van der Waals surface area contributed by atoms with Crippen molar-refractivity contribution in [3.8, 4) is 0 Å². The van der Waals surface area contributed by atoms with Gasteiger partial charge in [-0.3, -0.25) is 0 Å². The standard InChI is InChI=1S/C13H16N2OS/c1-10-5-11(7-16)3-4-13(10)15(2)6-12-8-17-9-14-12/h3-5,8-9,16H,6-7H2,1-2H3. The molecule has 0 saturated carbocycles. The highest BCUT2D eigenvalue weighted by atomic mass is 32.1. The number of benzene rings is 1. The minimum absolute atomic E-state index is 0.0942. The number of aromatic nitrogens is 1. The summed E-state index contributed by atoms with van der Waals surface area (Å²) < 4.78 is 0. The van der Waals surface area contributed by atoms with Gasteiger partial charge in [-0.25, -0.2) is 4.98 Å². The SMILES string of the molecule is Cc1cc(CO)ccc1N(C)Cc1cscn1. The Hall–Kier alpha value is -1.39. The predicted molar refractivity (Wildman–Crippen MR) is 71.3 cm³/mol. The number of aliphatic hydroxyl groups is 1. The quantitative estimate of drug-likeness (QED) is 0.903. The monoisotopic (exact) mass is 248 g/mol. The van der Waals surface area contributed by atoms with Crippen molar-refractivity contribution in [2.75, 3.05) is 11.9 Å². The molecule has 0 bridgehead atoms. The average Bonchev–Trinajstić information content (AvgIpc) is 2.81. The summed E-state index contributed by atoms with van der Waals surface area (Å²) in [7, 11) is 2.06. The highest BCUT2D eigenvalue weighted by molar-refractivity contribution is 7.07. The lowest BCUT2D eigenvalue weighted by Gasteiger charge is -2.20. The molecule has 17 heavy (non-hydrogen) atoms. The van der Waals surface area contributed by atoms with Crippen LogP contribution in [0.4, 0.5) is 5.69 Å². The van der Waals surface area contributed by atoms with Crippen molar-refractivity contribution in [1.29, 1.82) is 0 Å². The molecule has 1 heterocycles. The maximum absolute atomic E-state index is 9.08. The van der Waals surface area contributed by atoms with E-state index in [4.69, 9.17) is 5.11 Å². The number of anilines is 1. The molecular formula is C13H16N2OS. The van der Waals surface area contributed by atoms with E-state index in [1.165, 1.54) is 11.3 Å². The predicted octanol–water partition coefficient (Wildman–Crippen LogP) is 2.58. The lowest BCUT2D eigenvalue weighted by Crippen LogP contribution is -2.17. The van der Waals surface area contributed by atoms with E-state index in [1.54, 1.807) is 11.3 Å². The molecule has 0 aliphatic carbocycles. The van der Waals surface area contributed by atoms with Crippen LogP contribution in [0.25, 0.3) is 0 Å². The molecule has 0 fully saturated rings. The van der Waals surface area contributed by atoms with Crippen molar-refractivity contribution in [3.05, 3.63) is 45.9 Å². The molecule has 4 heteroatoms. The summed E-state index contributed by atoms with van der Waals surface area (Å²) in [5.41, 5.74) is 6.24. The Kier molecular flexibility index (Phi) is 3.76. The van der Waals surface area contributed by atoms with Gasteiger partial charge in [-0.1, -0.05) is 12.1 Å². The Morgan fingerprint density at radius 3 is 2.82 bits per heavy atom. The number of thiazole rings is 1. The van der Waals surface area contributed by atoms with Gasteiger partial charge in [0.2, 0.25) is 0 Å². The third-order valence-electron chi connectivity index (χ3n) is 2.74. The normalized spacial score (nSPS) is 10.5. The molecule has 1 N–H and O–H groups in total. The highest BCUT2D eigenvalue weighted by Gasteiger charge is 2.07. The number of aliphatic hydroxyl groups excluding tert-OH is 1. The Bertz CT molecular complexity index is 482. The van der Waals surface area contributed by atoms with Gasteiger partial charge in [-0.05, 0) is 24.1 Å². The molecule has 2 aromatic rings. The minimum atomic E-state index is 0.0942. The second-order valence-corrected chi connectivity index (χ2v) is 4.83. The first-order valence-electron chi connectivity index (χ1n) is 5.49. The molecule has 0 atom stereocenters. The molecule has 1 aromatic carbocycles. The molecule has 2 rings (SSSR count). The molecule has 3 nitrogen and oxygen atoms in total. The molecular weight excluding hydrogens is 232 g/mol. The molecule has 0 saturated heterocycles. The Balaban J connectivity index is 2.16. The molecule has 0 aliphatic rings. The van der Waals surface area contributed by atoms with Gasteiger partial charge in [0.1, 0.15) is 0 Å². The van der Waals surface area contributed by atoms with Gasteiger partial charge in [0.05, 0.1) is 24.4 Å². The van der Waals surface area contributed by atoms with E-state index in [-0.39, 0.29) is 6.61 Å². The van der Waals surface area contributed by atoms with E-state index < -0.39 is 0 Å². The molecule has 0 radical (unpaired) electrons. The van der Waals surface area contributed by atoms with E-state index in [0.717, 1.165) is 17.8 Å². The van der Waals surface area contributed by atoms with E-state index >= 15 is 0 Å². The van der Waals surface area contributed by atoms with Crippen LogP contribution in [0.3, 0.4) is 0 Å². The van der Waals surface area contributed by atoms with Gasteiger partial charge in [0.15, 0.2) is 0 Å². The van der Waals surface area contributed by atoms with Crippen LogP contribution >= 0.6 is 11.3 Å². The zero-order valence-electron chi connectivity index (χ0n) is 10.1. The van der Waals surface area contributed by atoms with Gasteiger partial charge in [0.25, 0.3) is 0 Å². The summed E-state index contributed by atoms with van der Waals surface area (Å²) >= 11 is 1.62. The van der Waals surface area contributed by atoms with E-state index in [9.17, 15) is 0 Å². The number of hydrogen-bond acceptors (Lipinski definition) is 4. The molecule has 90 valence electrons. The summed E-state index contributed by atoms with van der Waals surface area (Å²) in [5.74, 6) is 0. The second kappa shape index (κ2) is 5.29. The molecule has 0 amide bonds. The topological polar surface area (TPSA) is 36.4 Å². The number of rotatable bonds is 4. The van der Waals surface area contributed by atoms with Crippen LogP contribution in [0.2, 0.25) is 0 Å². The summed E-state index contributed by atoms with van der Waals surface area (Å²) in [4.78, 5) is 6.45. The fourth-order valence-corrected chi connectivity index (χ4v) is 2.44. The zero-order chi connectivity index (χ0) is 12.3. The summed E-state index contributed by atoms with van der Waals surface area (Å²) in [6.45, 7) is 2.96. The Labute approximate surface area is 105 Å². The van der Waals surface area contributed by atoms with Crippen LogP contribution in [0.5, 0.6) is 0 Å². The fourth-order valence-electron chi connectivity index (χ4n) is 1.89. The van der Waals surface area contributed by atoms with Crippen molar-refractivity contribution < 1.29 is 5.11 Å². The number of hydrogen-bond donors (Lipinski definition) is 1. The number of nitrogens with zero attached hydrogens (tertiary/aromatic N) is 2. The van der Waals surface area contributed by atoms with Gasteiger partial charge in [-0.2, -0.15) is 0 Å².